The Bertz CT molecular complexity index is 481. The third-order valence-corrected chi connectivity index (χ3v) is 5.68. The average molecular weight is 260 g/mol. The minimum Gasteiger partial charge on any atom is -0.306 e. The Hall–Kier alpha value is -0.460. The van der Waals surface area contributed by atoms with Crippen molar-refractivity contribution in [2.75, 3.05) is 11.5 Å². The molecule has 0 aliphatic carbocycles. The van der Waals surface area contributed by atoms with Crippen molar-refractivity contribution in [3.63, 3.8) is 0 Å². The highest BCUT2D eigenvalue weighted by atomic mass is 32.2. The predicted molar refractivity (Wildman–Crippen MR) is 65.4 cm³/mol. The zero-order valence-electron chi connectivity index (χ0n) is 9.49. The number of hydrogen-bond acceptors (Lipinski definition) is 5. The highest BCUT2D eigenvalue weighted by molar-refractivity contribution is 7.91. The van der Waals surface area contributed by atoms with Crippen LogP contribution in [0.15, 0.2) is 6.20 Å². The van der Waals surface area contributed by atoms with Crippen LogP contribution >= 0.6 is 11.3 Å². The molecule has 6 heteroatoms. The summed E-state index contributed by atoms with van der Waals surface area (Å²) in [4.78, 5) is 5.33. The molecule has 1 N–H and O–H groups in total. The van der Waals surface area contributed by atoms with Crippen LogP contribution in [0.5, 0.6) is 0 Å². The second-order valence-electron chi connectivity index (χ2n) is 4.60. The van der Waals surface area contributed by atoms with Crippen molar-refractivity contribution in [3.05, 3.63) is 16.1 Å². The number of sulfone groups is 1. The van der Waals surface area contributed by atoms with Crippen molar-refractivity contribution in [1.82, 2.24) is 10.3 Å². The Morgan fingerprint density at radius 3 is 2.88 bits per heavy atom. The van der Waals surface area contributed by atoms with Gasteiger partial charge in [-0.25, -0.2) is 13.4 Å². The summed E-state index contributed by atoms with van der Waals surface area (Å²) in [5.41, 5.74) is -0.267. The van der Waals surface area contributed by atoms with Gasteiger partial charge in [0.25, 0.3) is 0 Å². The molecule has 0 aromatic carbocycles. The van der Waals surface area contributed by atoms with Gasteiger partial charge in [-0.2, -0.15) is 0 Å². The molecule has 1 fully saturated rings. The molecule has 2 rings (SSSR count). The van der Waals surface area contributed by atoms with Gasteiger partial charge >= 0.3 is 0 Å². The average Bonchev–Trinajstić information content (AvgIpc) is 2.69. The highest BCUT2D eigenvalue weighted by Crippen LogP contribution is 2.23. The van der Waals surface area contributed by atoms with E-state index >= 15 is 0 Å². The summed E-state index contributed by atoms with van der Waals surface area (Å²) in [6.07, 6.45) is 2.55. The van der Waals surface area contributed by atoms with Crippen molar-refractivity contribution in [2.24, 2.45) is 0 Å². The molecular formula is C10H16N2O2S2. The summed E-state index contributed by atoms with van der Waals surface area (Å²) in [5, 5.41) is 4.38. The lowest BCUT2D eigenvalue weighted by Crippen LogP contribution is -2.42. The van der Waals surface area contributed by atoms with Crippen molar-refractivity contribution < 1.29 is 8.42 Å². The fraction of sp³-hybridized carbons (Fsp3) is 0.700. The standard InChI is InChI=1S/C10H16N2O2S2/c1-8-11-5-9(15-8)6-12-10(2)3-4-16(13,14)7-10/h5,12H,3-4,6-7H2,1-2H3. The lowest BCUT2D eigenvalue weighted by molar-refractivity contribution is 0.397. The van der Waals surface area contributed by atoms with Crippen LogP contribution in [0.2, 0.25) is 0 Å². The van der Waals surface area contributed by atoms with Crippen LogP contribution < -0.4 is 5.32 Å². The SMILES string of the molecule is Cc1ncc(CNC2(C)CCS(=O)(=O)C2)s1. The van der Waals surface area contributed by atoms with E-state index < -0.39 is 9.84 Å². The van der Waals surface area contributed by atoms with Crippen LogP contribution in [0, 0.1) is 6.92 Å². The Labute approximate surface area is 100 Å². The van der Waals surface area contributed by atoms with Crippen LogP contribution in [0.4, 0.5) is 0 Å². The van der Waals surface area contributed by atoms with Gasteiger partial charge in [-0.1, -0.05) is 0 Å². The number of nitrogens with zero attached hydrogens (tertiary/aromatic N) is 1. The lowest BCUT2D eigenvalue weighted by Gasteiger charge is -2.23. The second kappa shape index (κ2) is 4.09. The monoisotopic (exact) mass is 260 g/mol. The number of nitrogens with one attached hydrogen (secondary N) is 1. The molecule has 1 unspecified atom stereocenters. The van der Waals surface area contributed by atoms with E-state index in [0.29, 0.717) is 18.7 Å². The van der Waals surface area contributed by atoms with Crippen LogP contribution in [0.1, 0.15) is 23.2 Å². The summed E-state index contributed by atoms with van der Waals surface area (Å²) in [6, 6.07) is 0. The quantitative estimate of drug-likeness (QED) is 0.884. The molecule has 2 heterocycles. The Morgan fingerprint density at radius 1 is 1.62 bits per heavy atom. The molecule has 1 saturated heterocycles. The lowest BCUT2D eigenvalue weighted by atomic mass is 10.0. The van der Waals surface area contributed by atoms with E-state index in [1.807, 2.05) is 20.0 Å². The fourth-order valence-electron chi connectivity index (χ4n) is 1.94. The Kier molecular flexibility index (Phi) is 3.07. The van der Waals surface area contributed by atoms with Gasteiger partial charge in [0.15, 0.2) is 9.84 Å². The second-order valence-corrected chi connectivity index (χ2v) is 8.11. The van der Waals surface area contributed by atoms with Gasteiger partial charge in [-0.15, -0.1) is 11.3 Å². The summed E-state index contributed by atoms with van der Waals surface area (Å²) in [7, 11) is -2.83. The summed E-state index contributed by atoms with van der Waals surface area (Å²) >= 11 is 1.65. The van der Waals surface area contributed by atoms with E-state index in [2.05, 4.69) is 10.3 Å². The van der Waals surface area contributed by atoms with E-state index in [4.69, 9.17) is 0 Å². The first-order valence-corrected chi connectivity index (χ1v) is 7.89. The molecule has 90 valence electrons. The molecule has 1 aromatic heterocycles. The topological polar surface area (TPSA) is 59.1 Å². The maximum atomic E-state index is 11.4. The molecule has 0 spiro atoms. The number of rotatable bonds is 3. The van der Waals surface area contributed by atoms with E-state index in [0.717, 1.165) is 9.88 Å². The highest BCUT2D eigenvalue weighted by Gasteiger charge is 2.37. The summed E-state index contributed by atoms with van der Waals surface area (Å²) in [6.45, 7) is 4.65. The van der Waals surface area contributed by atoms with Gasteiger partial charge in [-0.3, -0.25) is 0 Å². The molecule has 0 bridgehead atoms. The maximum absolute atomic E-state index is 11.4. The largest absolute Gasteiger partial charge is 0.306 e. The van der Waals surface area contributed by atoms with E-state index in [-0.39, 0.29) is 11.3 Å². The molecule has 0 radical (unpaired) electrons. The third-order valence-electron chi connectivity index (χ3n) is 2.86. The third kappa shape index (κ3) is 2.81. The molecule has 1 aliphatic heterocycles. The zero-order chi connectivity index (χ0) is 11.8. The van der Waals surface area contributed by atoms with Crippen LogP contribution in [0.25, 0.3) is 0 Å². The van der Waals surface area contributed by atoms with Crippen molar-refractivity contribution in [2.45, 2.75) is 32.4 Å². The molecule has 1 aromatic rings. The zero-order valence-corrected chi connectivity index (χ0v) is 11.1. The molecule has 1 aliphatic rings. The number of hydrogen-bond donors (Lipinski definition) is 1. The van der Waals surface area contributed by atoms with Gasteiger partial charge in [0.1, 0.15) is 0 Å². The minimum atomic E-state index is -2.83. The summed E-state index contributed by atoms with van der Waals surface area (Å²) in [5.74, 6) is 0.552. The maximum Gasteiger partial charge on any atom is 0.152 e. The van der Waals surface area contributed by atoms with Gasteiger partial charge in [0.05, 0.1) is 16.5 Å². The normalized spacial score (nSPS) is 28.4. The van der Waals surface area contributed by atoms with Gasteiger partial charge in [0, 0.05) is 23.2 Å². The number of aromatic nitrogens is 1. The molecule has 1 atom stereocenters. The molecule has 16 heavy (non-hydrogen) atoms. The van der Waals surface area contributed by atoms with E-state index in [1.165, 1.54) is 0 Å². The molecule has 0 saturated carbocycles. The smallest absolute Gasteiger partial charge is 0.152 e. The van der Waals surface area contributed by atoms with Crippen molar-refractivity contribution in [3.8, 4) is 0 Å². The van der Waals surface area contributed by atoms with Gasteiger partial charge < -0.3 is 5.32 Å². The number of aryl methyl sites for hydroxylation is 1. The van der Waals surface area contributed by atoms with Gasteiger partial charge in [0.2, 0.25) is 0 Å². The Balaban J connectivity index is 1.96. The minimum absolute atomic E-state index is 0.248. The van der Waals surface area contributed by atoms with Crippen molar-refractivity contribution in [1.29, 1.82) is 0 Å². The van der Waals surface area contributed by atoms with Crippen LogP contribution in [-0.4, -0.2) is 30.4 Å². The number of thiazole rings is 1. The Morgan fingerprint density at radius 2 is 2.38 bits per heavy atom. The molecule has 0 amide bonds. The van der Waals surface area contributed by atoms with Gasteiger partial charge in [-0.05, 0) is 20.3 Å². The molecule has 4 nitrogen and oxygen atoms in total. The fourth-order valence-corrected chi connectivity index (χ4v) is 4.80. The predicted octanol–water partition coefficient (Wildman–Crippen LogP) is 1.12. The first kappa shape index (κ1) is 12.0. The summed E-state index contributed by atoms with van der Waals surface area (Å²) < 4.78 is 22.8. The van der Waals surface area contributed by atoms with E-state index in [9.17, 15) is 8.42 Å². The molecular weight excluding hydrogens is 244 g/mol. The first-order chi connectivity index (χ1) is 7.39. The van der Waals surface area contributed by atoms with Crippen LogP contribution in [-0.2, 0) is 16.4 Å². The van der Waals surface area contributed by atoms with E-state index in [1.54, 1.807) is 11.3 Å². The van der Waals surface area contributed by atoms with Crippen molar-refractivity contribution >= 4 is 21.2 Å². The van der Waals surface area contributed by atoms with Crippen LogP contribution in [0.3, 0.4) is 0 Å². The first-order valence-electron chi connectivity index (χ1n) is 5.25.